The van der Waals surface area contributed by atoms with Crippen LogP contribution in [0.4, 0.5) is 4.39 Å². The van der Waals surface area contributed by atoms with Crippen LogP contribution in [0.3, 0.4) is 0 Å². The predicted molar refractivity (Wildman–Crippen MR) is 73.7 cm³/mol. The first-order valence-electron chi connectivity index (χ1n) is 5.80. The fourth-order valence-electron chi connectivity index (χ4n) is 2.32. The van der Waals surface area contributed by atoms with Crippen LogP contribution in [0.1, 0.15) is 6.42 Å². The lowest BCUT2D eigenvalue weighted by atomic mass is 10.1. The van der Waals surface area contributed by atoms with Crippen molar-refractivity contribution < 1.29 is 9.13 Å². The highest BCUT2D eigenvalue weighted by Crippen LogP contribution is 2.25. The summed E-state index contributed by atoms with van der Waals surface area (Å²) in [6, 6.07) is 3.24. The number of H-pyrrole nitrogens is 1. The van der Waals surface area contributed by atoms with E-state index >= 15 is 0 Å². The van der Waals surface area contributed by atoms with Crippen molar-refractivity contribution >= 4 is 39.2 Å². The highest BCUT2D eigenvalue weighted by atomic mass is 79.9. The summed E-state index contributed by atoms with van der Waals surface area (Å²) in [5, 5.41) is 0. The molecule has 18 heavy (non-hydrogen) atoms. The van der Waals surface area contributed by atoms with Crippen LogP contribution in [-0.2, 0) is 11.3 Å². The Morgan fingerprint density at radius 1 is 1.56 bits per heavy atom. The SMILES string of the molecule is Fc1cc2c(cc1Br)[nH]c(=S)n2CC1CCOC1. The average molecular weight is 331 g/mol. The fourth-order valence-corrected chi connectivity index (χ4v) is 2.94. The lowest BCUT2D eigenvalue weighted by Crippen LogP contribution is -2.10. The van der Waals surface area contributed by atoms with Gasteiger partial charge in [0.15, 0.2) is 4.77 Å². The van der Waals surface area contributed by atoms with E-state index in [-0.39, 0.29) is 5.82 Å². The topological polar surface area (TPSA) is 29.9 Å². The molecule has 0 bridgehead atoms. The fraction of sp³-hybridized carbons (Fsp3) is 0.417. The van der Waals surface area contributed by atoms with Crippen molar-refractivity contribution in [3.8, 4) is 0 Å². The van der Waals surface area contributed by atoms with Gasteiger partial charge in [-0.25, -0.2) is 4.39 Å². The molecular weight excluding hydrogens is 319 g/mol. The zero-order valence-corrected chi connectivity index (χ0v) is 12.0. The normalized spacial score (nSPS) is 19.8. The minimum Gasteiger partial charge on any atom is -0.381 e. The van der Waals surface area contributed by atoms with E-state index in [1.54, 1.807) is 6.07 Å². The quantitative estimate of drug-likeness (QED) is 0.852. The van der Waals surface area contributed by atoms with Gasteiger partial charge in [-0.2, -0.15) is 0 Å². The molecule has 1 saturated heterocycles. The number of aromatic nitrogens is 2. The number of rotatable bonds is 2. The molecule has 3 rings (SSSR count). The largest absolute Gasteiger partial charge is 0.381 e. The molecule has 1 atom stereocenters. The number of nitrogens with zero attached hydrogens (tertiary/aromatic N) is 1. The Balaban J connectivity index is 2.07. The second kappa shape index (κ2) is 4.75. The summed E-state index contributed by atoms with van der Waals surface area (Å²) >= 11 is 8.48. The number of fused-ring (bicyclic) bond motifs is 1. The molecule has 0 spiro atoms. The average Bonchev–Trinajstić information content (AvgIpc) is 2.92. The Labute approximate surface area is 117 Å². The van der Waals surface area contributed by atoms with E-state index in [0.717, 1.165) is 37.2 Å². The van der Waals surface area contributed by atoms with Crippen LogP contribution in [-0.4, -0.2) is 22.8 Å². The zero-order valence-electron chi connectivity index (χ0n) is 9.58. The zero-order chi connectivity index (χ0) is 12.7. The van der Waals surface area contributed by atoms with Crippen LogP contribution in [0.25, 0.3) is 11.0 Å². The number of imidazole rings is 1. The van der Waals surface area contributed by atoms with Crippen molar-refractivity contribution in [2.75, 3.05) is 13.2 Å². The predicted octanol–water partition coefficient (Wildman–Crippen LogP) is 3.64. The van der Waals surface area contributed by atoms with E-state index in [1.165, 1.54) is 6.07 Å². The highest BCUT2D eigenvalue weighted by molar-refractivity contribution is 9.10. The lowest BCUT2D eigenvalue weighted by molar-refractivity contribution is 0.182. The first-order valence-corrected chi connectivity index (χ1v) is 7.00. The molecule has 1 aromatic carbocycles. The lowest BCUT2D eigenvalue weighted by Gasteiger charge is -2.09. The van der Waals surface area contributed by atoms with Gasteiger partial charge >= 0.3 is 0 Å². The summed E-state index contributed by atoms with van der Waals surface area (Å²) in [5.74, 6) is 0.190. The Morgan fingerprint density at radius 3 is 3.11 bits per heavy atom. The van der Waals surface area contributed by atoms with Gasteiger partial charge in [0.1, 0.15) is 5.82 Å². The molecule has 2 heterocycles. The van der Waals surface area contributed by atoms with E-state index < -0.39 is 0 Å². The minimum absolute atomic E-state index is 0.270. The van der Waals surface area contributed by atoms with Gasteiger partial charge in [0.05, 0.1) is 22.1 Å². The number of nitrogens with one attached hydrogen (secondary N) is 1. The third kappa shape index (κ3) is 2.13. The summed E-state index contributed by atoms with van der Waals surface area (Å²) in [7, 11) is 0. The minimum atomic E-state index is -0.270. The summed E-state index contributed by atoms with van der Waals surface area (Å²) in [6.07, 6.45) is 1.04. The number of halogens is 2. The maximum Gasteiger partial charge on any atom is 0.178 e. The van der Waals surface area contributed by atoms with Crippen molar-refractivity contribution in [1.82, 2.24) is 9.55 Å². The van der Waals surface area contributed by atoms with Crippen molar-refractivity contribution in [3.63, 3.8) is 0 Å². The van der Waals surface area contributed by atoms with Crippen LogP contribution < -0.4 is 0 Å². The van der Waals surface area contributed by atoms with Gasteiger partial charge in [-0.05, 0) is 40.6 Å². The third-order valence-corrected chi connectivity index (χ3v) is 4.21. The molecule has 3 nitrogen and oxygen atoms in total. The van der Waals surface area contributed by atoms with Gasteiger partial charge in [0.2, 0.25) is 0 Å². The molecule has 0 amide bonds. The van der Waals surface area contributed by atoms with Gasteiger partial charge in [0, 0.05) is 25.1 Å². The first-order chi connectivity index (χ1) is 8.65. The maximum absolute atomic E-state index is 13.6. The molecule has 1 unspecified atom stereocenters. The van der Waals surface area contributed by atoms with Crippen LogP contribution in [0.15, 0.2) is 16.6 Å². The number of hydrogen-bond donors (Lipinski definition) is 1. The van der Waals surface area contributed by atoms with Gasteiger partial charge in [-0.15, -0.1) is 0 Å². The van der Waals surface area contributed by atoms with Gasteiger partial charge < -0.3 is 14.3 Å². The molecule has 96 valence electrons. The van der Waals surface area contributed by atoms with E-state index in [4.69, 9.17) is 17.0 Å². The smallest absolute Gasteiger partial charge is 0.178 e. The highest BCUT2D eigenvalue weighted by Gasteiger charge is 2.18. The second-order valence-electron chi connectivity index (χ2n) is 4.55. The Bertz CT molecular complexity index is 645. The summed E-state index contributed by atoms with van der Waals surface area (Å²) in [5.41, 5.74) is 1.67. The molecule has 1 aromatic heterocycles. The number of hydrogen-bond acceptors (Lipinski definition) is 2. The number of ether oxygens (including phenoxy) is 1. The molecule has 0 aliphatic carbocycles. The standard InChI is InChI=1S/C12H12BrFN2OS/c13-8-3-10-11(4-9(8)14)16(12(18)15-10)5-7-1-2-17-6-7/h3-4,7H,1-2,5-6H2,(H,15,18). The van der Waals surface area contributed by atoms with Crippen molar-refractivity contribution in [3.05, 3.63) is 27.2 Å². The molecular formula is C12H12BrFN2OS. The van der Waals surface area contributed by atoms with Crippen LogP contribution in [0.5, 0.6) is 0 Å². The molecule has 1 aliphatic heterocycles. The third-order valence-electron chi connectivity index (χ3n) is 3.28. The first kappa shape index (κ1) is 12.3. The van der Waals surface area contributed by atoms with Crippen molar-refractivity contribution in [2.24, 2.45) is 5.92 Å². The summed E-state index contributed by atoms with van der Waals surface area (Å²) in [4.78, 5) is 3.11. The van der Waals surface area contributed by atoms with Gasteiger partial charge in [-0.1, -0.05) is 0 Å². The second-order valence-corrected chi connectivity index (χ2v) is 5.79. The summed E-state index contributed by atoms with van der Waals surface area (Å²) < 4.78 is 22.0. The van der Waals surface area contributed by atoms with Gasteiger partial charge in [0.25, 0.3) is 0 Å². The Morgan fingerprint density at radius 2 is 2.39 bits per heavy atom. The molecule has 0 saturated carbocycles. The van der Waals surface area contributed by atoms with E-state index in [2.05, 4.69) is 20.9 Å². The maximum atomic E-state index is 13.6. The number of benzene rings is 1. The Kier molecular flexibility index (Phi) is 3.25. The molecule has 0 radical (unpaired) electrons. The summed E-state index contributed by atoms with van der Waals surface area (Å²) in [6.45, 7) is 2.34. The van der Waals surface area contributed by atoms with E-state index in [0.29, 0.717) is 15.2 Å². The van der Waals surface area contributed by atoms with E-state index in [9.17, 15) is 4.39 Å². The van der Waals surface area contributed by atoms with Crippen LogP contribution >= 0.6 is 28.1 Å². The monoisotopic (exact) mass is 330 g/mol. The van der Waals surface area contributed by atoms with E-state index in [1.807, 2.05) is 4.57 Å². The van der Waals surface area contributed by atoms with Crippen LogP contribution in [0.2, 0.25) is 0 Å². The molecule has 6 heteroatoms. The van der Waals surface area contributed by atoms with Crippen LogP contribution in [0, 0.1) is 16.5 Å². The molecule has 2 aromatic rings. The van der Waals surface area contributed by atoms with Crippen molar-refractivity contribution in [1.29, 1.82) is 0 Å². The molecule has 1 N–H and O–H groups in total. The molecule has 1 fully saturated rings. The number of aromatic amines is 1. The van der Waals surface area contributed by atoms with Crippen molar-refractivity contribution in [2.45, 2.75) is 13.0 Å². The van der Waals surface area contributed by atoms with Gasteiger partial charge in [-0.3, -0.25) is 0 Å². The molecule has 1 aliphatic rings. The Hall–Kier alpha value is -0.720.